The van der Waals surface area contributed by atoms with Gasteiger partial charge in [-0.15, -0.1) is 0 Å². The van der Waals surface area contributed by atoms with Crippen molar-refractivity contribution >= 4 is 11.4 Å². The number of carbonyl (C=O) groups excluding carboxylic acids is 1. The van der Waals surface area contributed by atoms with Crippen LogP contribution in [0.15, 0.2) is 60.2 Å². The third-order valence-electron chi connectivity index (χ3n) is 5.46. The standard InChI is InChI=1S/C23H24O2/c24-22-15-14-21(18-8-4-5-9-18)23(22)19-10-12-20(13-11-19)25-16-17-6-2-1-3-7-17/h1-3,6-7,10-13,18H,4-5,8-9,14-16H2. The number of hydrogen-bond acceptors (Lipinski definition) is 2. The first-order chi connectivity index (χ1) is 12.3. The second kappa shape index (κ2) is 7.26. The van der Waals surface area contributed by atoms with E-state index >= 15 is 0 Å². The molecule has 2 aromatic rings. The van der Waals surface area contributed by atoms with Crippen LogP contribution in [0.1, 0.15) is 49.7 Å². The molecule has 1 fully saturated rings. The van der Waals surface area contributed by atoms with Crippen molar-refractivity contribution in [2.45, 2.75) is 45.1 Å². The van der Waals surface area contributed by atoms with Crippen LogP contribution in [0.2, 0.25) is 0 Å². The van der Waals surface area contributed by atoms with Gasteiger partial charge in [-0.1, -0.05) is 60.9 Å². The van der Waals surface area contributed by atoms with Crippen LogP contribution in [-0.4, -0.2) is 5.78 Å². The zero-order valence-electron chi connectivity index (χ0n) is 14.5. The van der Waals surface area contributed by atoms with E-state index in [1.54, 1.807) is 0 Å². The Morgan fingerprint density at radius 3 is 2.32 bits per heavy atom. The lowest BCUT2D eigenvalue weighted by Crippen LogP contribution is -2.01. The number of allylic oxidation sites excluding steroid dienone is 2. The molecule has 0 spiro atoms. The Morgan fingerprint density at radius 1 is 0.880 bits per heavy atom. The van der Waals surface area contributed by atoms with Crippen LogP contribution in [0.25, 0.3) is 5.57 Å². The van der Waals surface area contributed by atoms with Gasteiger partial charge in [-0.25, -0.2) is 0 Å². The van der Waals surface area contributed by atoms with Crippen molar-refractivity contribution in [1.29, 1.82) is 0 Å². The fourth-order valence-corrected chi connectivity index (χ4v) is 4.16. The number of rotatable bonds is 5. The molecule has 0 heterocycles. The lowest BCUT2D eigenvalue weighted by molar-refractivity contribution is -0.113. The molecule has 0 saturated heterocycles. The Balaban J connectivity index is 1.50. The van der Waals surface area contributed by atoms with Crippen molar-refractivity contribution in [3.63, 3.8) is 0 Å². The minimum absolute atomic E-state index is 0.319. The zero-order valence-corrected chi connectivity index (χ0v) is 14.5. The Bertz CT molecular complexity index is 765. The van der Waals surface area contributed by atoms with Crippen molar-refractivity contribution in [1.82, 2.24) is 0 Å². The van der Waals surface area contributed by atoms with Gasteiger partial charge in [0.15, 0.2) is 5.78 Å². The molecular weight excluding hydrogens is 308 g/mol. The summed E-state index contributed by atoms with van der Waals surface area (Å²) in [5, 5.41) is 0. The summed E-state index contributed by atoms with van der Waals surface area (Å²) in [7, 11) is 0. The smallest absolute Gasteiger partial charge is 0.163 e. The van der Waals surface area contributed by atoms with Gasteiger partial charge >= 0.3 is 0 Å². The van der Waals surface area contributed by atoms with Crippen LogP contribution in [0.3, 0.4) is 0 Å². The van der Waals surface area contributed by atoms with E-state index < -0.39 is 0 Å². The van der Waals surface area contributed by atoms with Gasteiger partial charge in [0.25, 0.3) is 0 Å². The maximum Gasteiger partial charge on any atom is 0.163 e. The Labute approximate surface area is 149 Å². The van der Waals surface area contributed by atoms with Crippen LogP contribution < -0.4 is 4.74 Å². The molecule has 0 N–H and O–H groups in total. The second-order valence-corrected chi connectivity index (χ2v) is 7.10. The fraction of sp³-hybridized carbons (Fsp3) is 0.348. The highest BCUT2D eigenvalue weighted by Crippen LogP contribution is 2.42. The highest BCUT2D eigenvalue weighted by atomic mass is 16.5. The molecule has 0 unspecified atom stereocenters. The molecule has 128 valence electrons. The summed E-state index contributed by atoms with van der Waals surface area (Å²) in [5.41, 5.74) is 4.64. The molecular formula is C23H24O2. The van der Waals surface area contributed by atoms with Gasteiger partial charge in [0.1, 0.15) is 12.4 Å². The molecule has 1 saturated carbocycles. The molecule has 4 rings (SSSR count). The minimum Gasteiger partial charge on any atom is -0.489 e. The average Bonchev–Trinajstić information content (AvgIpc) is 3.31. The van der Waals surface area contributed by atoms with Crippen LogP contribution in [-0.2, 0) is 11.4 Å². The monoisotopic (exact) mass is 332 g/mol. The van der Waals surface area contributed by atoms with Crippen molar-refractivity contribution in [3.05, 3.63) is 71.3 Å². The largest absolute Gasteiger partial charge is 0.489 e. The van der Waals surface area contributed by atoms with E-state index in [1.807, 2.05) is 42.5 Å². The quantitative estimate of drug-likeness (QED) is 0.715. The van der Waals surface area contributed by atoms with E-state index in [2.05, 4.69) is 12.1 Å². The summed E-state index contributed by atoms with van der Waals surface area (Å²) >= 11 is 0. The summed E-state index contributed by atoms with van der Waals surface area (Å²) in [6, 6.07) is 18.2. The molecule has 0 aliphatic heterocycles. The molecule has 0 radical (unpaired) electrons. The summed E-state index contributed by atoms with van der Waals surface area (Å²) in [5.74, 6) is 1.80. The maximum absolute atomic E-state index is 12.4. The predicted octanol–water partition coefficient (Wildman–Crippen LogP) is 5.57. The van der Waals surface area contributed by atoms with Crippen molar-refractivity contribution in [3.8, 4) is 5.75 Å². The number of hydrogen-bond donors (Lipinski definition) is 0. The number of ketones is 1. The maximum atomic E-state index is 12.4. The summed E-state index contributed by atoms with van der Waals surface area (Å²) < 4.78 is 5.86. The zero-order chi connectivity index (χ0) is 17.1. The van der Waals surface area contributed by atoms with Gasteiger partial charge < -0.3 is 4.74 Å². The number of carbonyl (C=O) groups is 1. The van der Waals surface area contributed by atoms with E-state index in [-0.39, 0.29) is 0 Å². The van der Waals surface area contributed by atoms with Crippen molar-refractivity contribution in [2.75, 3.05) is 0 Å². The van der Waals surface area contributed by atoms with Gasteiger partial charge in [0, 0.05) is 12.0 Å². The normalized spacial score (nSPS) is 18.2. The predicted molar refractivity (Wildman–Crippen MR) is 100 cm³/mol. The molecule has 2 heteroatoms. The molecule has 0 aromatic heterocycles. The topological polar surface area (TPSA) is 26.3 Å². The van der Waals surface area contributed by atoms with Crippen LogP contribution in [0.5, 0.6) is 5.75 Å². The molecule has 0 atom stereocenters. The van der Waals surface area contributed by atoms with Gasteiger partial charge in [0.2, 0.25) is 0 Å². The average molecular weight is 332 g/mol. The minimum atomic E-state index is 0.319. The highest BCUT2D eigenvalue weighted by molar-refractivity contribution is 6.23. The van der Waals surface area contributed by atoms with Gasteiger partial charge in [-0.05, 0) is 48.4 Å². The van der Waals surface area contributed by atoms with E-state index in [9.17, 15) is 4.79 Å². The van der Waals surface area contributed by atoms with Crippen LogP contribution >= 0.6 is 0 Å². The Kier molecular flexibility index (Phi) is 4.69. The van der Waals surface area contributed by atoms with Gasteiger partial charge in [0.05, 0.1) is 0 Å². The third-order valence-corrected chi connectivity index (χ3v) is 5.46. The van der Waals surface area contributed by atoms with Crippen molar-refractivity contribution < 1.29 is 9.53 Å². The van der Waals surface area contributed by atoms with Gasteiger partial charge in [-0.2, -0.15) is 0 Å². The number of benzene rings is 2. The van der Waals surface area contributed by atoms with E-state index in [0.29, 0.717) is 24.7 Å². The molecule has 2 aromatic carbocycles. The summed E-state index contributed by atoms with van der Waals surface area (Å²) in [4.78, 5) is 12.4. The third kappa shape index (κ3) is 3.53. The Hall–Kier alpha value is -2.35. The fourth-order valence-electron chi connectivity index (χ4n) is 4.16. The van der Waals surface area contributed by atoms with Crippen molar-refractivity contribution in [2.24, 2.45) is 5.92 Å². The molecule has 0 amide bonds. The molecule has 2 aliphatic carbocycles. The first-order valence-electron chi connectivity index (χ1n) is 9.34. The Morgan fingerprint density at radius 2 is 1.60 bits per heavy atom. The van der Waals surface area contributed by atoms with E-state index in [4.69, 9.17) is 4.74 Å². The summed E-state index contributed by atoms with van der Waals surface area (Å²) in [6.45, 7) is 0.565. The molecule has 2 nitrogen and oxygen atoms in total. The SMILES string of the molecule is O=C1CCC(C2CCCC2)=C1c1ccc(OCc2ccccc2)cc1. The lowest BCUT2D eigenvalue weighted by atomic mass is 9.91. The van der Waals surface area contributed by atoms with E-state index in [0.717, 1.165) is 28.9 Å². The van der Waals surface area contributed by atoms with Gasteiger partial charge in [-0.3, -0.25) is 4.79 Å². The number of Topliss-reactive ketones (excluding diaryl/α,β-unsaturated/α-hetero) is 1. The molecule has 0 bridgehead atoms. The number of ether oxygens (including phenoxy) is 1. The lowest BCUT2D eigenvalue weighted by Gasteiger charge is -2.14. The molecule has 25 heavy (non-hydrogen) atoms. The second-order valence-electron chi connectivity index (χ2n) is 7.10. The highest BCUT2D eigenvalue weighted by Gasteiger charge is 2.30. The first kappa shape index (κ1) is 16.1. The first-order valence-corrected chi connectivity index (χ1v) is 9.34. The summed E-state index contributed by atoms with van der Waals surface area (Å²) in [6.07, 6.45) is 6.77. The van der Waals surface area contributed by atoms with Crippen LogP contribution in [0.4, 0.5) is 0 Å². The molecule has 2 aliphatic rings. The van der Waals surface area contributed by atoms with Crippen LogP contribution in [0, 0.1) is 5.92 Å². The van der Waals surface area contributed by atoms with E-state index in [1.165, 1.54) is 31.3 Å².